The minimum absolute atomic E-state index is 0.405. The van der Waals surface area contributed by atoms with Gasteiger partial charge in [-0.25, -0.2) is 0 Å². The zero-order valence-electron chi connectivity index (χ0n) is 13.1. The van der Waals surface area contributed by atoms with Gasteiger partial charge in [0.2, 0.25) is 0 Å². The molecule has 0 bridgehead atoms. The molecule has 1 N–H and O–H groups in total. The quantitative estimate of drug-likeness (QED) is 0.745. The van der Waals surface area contributed by atoms with Gasteiger partial charge in [0.15, 0.2) is 0 Å². The molecule has 0 saturated carbocycles. The van der Waals surface area contributed by atoms with E-state index >= 15 is 0 Å². The number of benzene rings is 1. The van der Waals surface area contributed by atoms with Gasteiger partial charge >= 0.3 is 0 Å². The molecule has 2 atom stereocenters. The molecule has 0 aromatic heterocycles. The minimum atomic E-state index is 0.405. The monoisotopic (exact) mass is 293 g/mol. The lowest BCUT2D eigenvalue weighted by Crippen LogP contribution is -2.33. The van der Waals surface area contributed by atoms with Gasteiger partial charge in [-0.3, -0.25) is 0 Å². The summed E-state index contributed by atoms with van der Waals surface area (Å²) < 4.78 is 16.4. The molecule has 21 heavy (non-hydrogen) atoms. The molecular weight excluding hydrogens is 266 g/mol. The topological polar surface area (TPSA) is 39.7 Å². The van der Waals surface area contributed by atoms with Crippen LogP contribution in [0.4, 0.5) is 5.69 Å². The van der Waals surface area contributed by atoms with E-state index in [0.29, 0.717) is 25.4 Å². The normalized spacial score (nSPS) is 22.0. The van der Waals surface area contributed by atoms with Gasteiger partial charge in [-0.05, 0) is 31.4 Å². The molecule has 1 aliphatic rings. The first-order chi connectivity index (χ1) is 10.3. The average Bonchev–Trinajstić information content (AvgIpc) is 2.49. The van der Waals surface area contributed by atoms with Gasteiger partial charge in [0.25, 0.3) is 0 Å². The van der Waals surface area contributed by atoms with Crippen LogP contribution >= 0.6 is 0 Å². The zero-order valence-corrected chi connectivity index (χ0v) is 13.1. The number of hydrogen-bond acceptors (Lipinski definition) is 4. The zero-order chi connectivity index (χ0) is 14.9. The third kappa shape index (κ3) is 5.56. The maximum Gasteiger partial charge on any atom is 0.121 e. The van der Waals surface area contributed by atoms with Crippen LogP contribution in [0.1, 0.15) is 32.6 Å². The fraction of sp³-hybridized carbons (Fsp3) is 0.647. The molecule has 2 rings (SSSR count). The lowest BCUT2D eigenvalue weighted by molar-refractivity contribution is 0.00598. The number of anilines is 1. The average molecular weight is 293 g/mol. The highest BCUT2D eigenvalue weighted by Gasteiger charge is 2.21. The lowest BCUT2D eigenvalue weighted by Gasteiger charge is -2.30. The molecule has 1 aromatic carbocycles. The van der Waals surface area contributed by atoms with Crippen LogP contribution in [-0.4, -0.2) is 39.1 Å². The molecule has 1 aromatic rings. The summed E-state index contributed by atoms with van der Waals surface area (Å²) in [4.78, 5) is 0. The highest BCUT2D eigenvalue weighted by atomic mass is 16.5. The standard InChI is InChI=1S/C17H27NO3/c1-3-5-16-13-15(8-9-20-16)18-14-6-4-7-17(12-14)21-11-10-19-2/h4,6-7,12,15-16,18H,3,5,8-11,13H2,1-2H3. The summed E-state index contributed by atoms with van der Waals surface area (Å²) in [5.41, 5.74) is 1.12. The highest BCUT2D eigenvalue weighted by molar-refractivity contribution is 5.48. The van der Waals surface area contributed by atoms with E-state index in [4.69, 9.17) is 14.2 Å². The number of methoxy groups -OCH3 is 1. The minimum Gasteiger partial charge on any atom is -0.491 e. The predicted molar refractivity (Wildman–Crippen MR) is 85.1 cm³/mol. The van der Waals surface area contributed by atoms with Crippen molar-refractivity contribution in [2.75, 3.05) is 32.2 Å². The summed E-state index contributed by atoms with van der Waals surface area (Å²) >= 11 is 0. The Morgan fingerprint density at radius 3 is 3.05 bits per heavy atom. The predicted octanol–water partition coefficient (Wildman–Crippen LogP) is 3.47. The molecule has 118 valence electrons. The molecule has 0 spiro atoms. The third-order valence-electron chi connectivity index (χ3n) is 3.74. The van der Waals surface area contributed by atoms with Crippen molar-refractivity contribution < 1.29 is 14.2 Å². The van der Waals surface area contributed by atoms with E-state index in [1.54, 1.807) is 7.11 Å². The van der Waals surface area contributed by atoms with Gasteiger partial charge in [-0.2, -0.15) is 0 Å². The Hall–Kier alpha value is -1.26. The number of nitrogens with one attached hydrogen (secondary N) is 1. The van der Waals surface area contributed by atoms with Crippen LogP contribution in [0.15, 0.2) is 24.3 Å². The second kappa shape index (κ2) is 8.90. The Bertz CT molecular complexity index is 409. The van der Waals surface area contributed by atoms with E-state index in [1.165, 1.54) is 6.42 Å². The van der Waals surface area contributed by atoms with Crippen molar-refractivity contribution in [1.29, 1.82) is 0 Å². The Morgan fingerprint density at radius 2 is 2.24 bits per heavy atom. The fourth-order valence-electron chi connectivity index (χ4n) is 2.69. The molecule has 1 saturated heterocycles. The van der Waals surface area contributed by atoms with Gasteiger partial charge in [0.1, 0.15) is 12.4 Å². The molecule has 4 heteroatoms. The first-order valence-corrected chi connectivity index (χ1v) is 7.91. The lowest BCUT2D eigenvalue weighted by atomic mass is 10.00. The van der Waals surface area contributed by atoms with Gasteiger partial charge in [-0.15, -0.1) is 0 Å². The van der Waals surface area contributed by atoms with E-state index < -0.39 is 0 Å². The smallest absolute Gasteiger partial charge is 0.121 e. The molecule has 1 heterocycles. The number of hydrogen-bond donors (Lipinski definition) is 1. The van der Waals surface area contributed by atoms with Gasteiger partial charge < -0.3 is 19.5 Å². The molecule has 2 unspecified atom stereocenters. The summed E-state index contributed by atoms with van der Waals surface area (Å²) in [6, 6.07) is 8.63. The summed E-state index contributed by atoms with van der Waals surface area (Å²) in [7, 11) is 1.68. The maximum atomic E-state index is 5.80. The highest BCUT2D eigenvalue weighted by Crippen LogP contribution is 2.23. The van der Waals surface area contributed by atoms with E-state index in [9.17, 15) is 0 Å². The molecule has 1 aliphatic heterocycles. The van der Waals surface area contributed by atoms with Crippen LogP contribution in [-0.2, 0) is 9.47 Å². The van der Waals surface area contributed by atoms with Crippen LogP contribution in [0.2, 0.25) is 0 Å². The van der Waals surface area contributed by atoms with Crippen molar-refractivity contribution in [2.45, 2.75) is 44.8 Å². The van der Waals surface area contributed by atoms with Gasteiger partial charge in [0, 0.05) is 31.5 Å². The summed E-state index contributed by atoms with van der Waals surface area (Å²) in [5, 5.41) is 3.61. The summed E-state index contributed by atoms with van der Waals surface area (Å²) in [6.07, 6.45) is 4.89. The molecule has 4 nitrogen and oxygen atoms in total. The molecule has 0 amide bonds. The van der Waals surface area contributed by atoms with Crippen molar-refractivity contribution in [3.05, 3.63) is 24.3 Å². The molecular formula is C17H27NO3. The van der Waals surface area contributed by atoms with Crippen LogP contribution in [0.25, 0.3) is 0 Å². The van der Waals surface area contributed by atoms with E-state index in [1.807, 2.05) is 12.1 Å². The van der Waals surface area contributed by atoms with Crippen molar-refractivity contribution in [2.24, 2.45) is 0 Å². The first-order valence-electron chi connectivity index (χ1n) is 7.91. The second-order valence-corrected chi connectivity index (χ2v) is 5.52. The second-order valence-electron chi connectivity index (χ2n) is 5.52. The van der Waals surface area contributed by atoms with Crippen LogP contribution in [0.3, 0.4) is 0 Å². The van der Waals surface area contributed by atoms with Crippen molar-refractivity contribution in [3.63, 3.8) is 0 Å². The Morgan fingerprint density at radius 1 is 1.33 bits per heavy atom. The van der Waals surface area contributed by atoms with Gasteiger partial charge in [0.05, 0.1) is 12.7 Å². The third-order valence-corrected chi connectivity index (χ3v) is 3.74. The molecule has 1 fully saturated rings. The Balaban J connectivity index is 1.85. The van der Waals surface area contributed by atoms with Gasteiger partial charge in [-0.1, -0.05) is 19.4 Å². The molecule has 0 aliphatic carbocycles. The summed E-state index contributed by atoms with van der Waals surface area (Å²) in [6.45, 7) is 4.25. The van der Waals surface area contributed by atoms with Crippen molar-refractivity contribution in [1.82, 2.24) is 0 Å². The van der Waals surface area contributed by atoms with Crippen LogP contribution in [0, 0.1) is 0 Å². The molecule has 0 radical (unpaired) electrons. The van der Waals surface area contributed by atoms with Crippen LogP contribution in [0.5, 0.6) is 5.75 Å². The van der Waals surface area contributed by atoms with Crippen molar-refractivity contribution in [3.8, 4) is 5.75 Å². The Kier molecular flexibility index (Phi) is 6.83. The SMILES string of the molecule is CCCC1CC(Nc2cccc(OCCOC)c2)CCO1. The number of ether oxygens (including phenoxy) is 3. The van der Waals surface area contributed by atoms with Crippen molar-refractivity contribution >= 4 is 5.69 Å². The van der Waals surface area contributed by atoms with Crippen LogP contribution < -0.4 is 10.1 Å². The van der Waals surface area contributed by atoms with E-state index in [0.717, 1.165) is 37.3 Å². The summed E-state index contributed by atoms with van der Waals surface area (Å²) in [5.74, 6) is 0.884. The van der Waals surface area contributed by atoms with E-state index in [2.05, 4.69) is 24.4 Å². The number of rotatable bonds is 8. The van der Waals surface area contributed by atoms with E-state index in [-0.39, 0.29) is 0 Å². The first kappa shape index (κ1) is 16.1. The maximum absolute atomic E-state index is 5.80. The Labute approximate surface area is 127 Å². The fourth-order valence-corrected chi connectivity index (χ4v) is 2.69. The largest absolute Gasteiger partial charge is 0.491 e.